The molecule has 78 valence electrons. The highest BCUT2D eigenvalue weighted by atomic mass is 32.2. The fourth-order valence-corrected chi connectivity index (χ4v) is 1.65. The first-order chi connectivity index (χ1) is 6.74. The quantitative estimate of drug-likeness (QED) is 0.753. The van der Waals surface area contributed by atoms with Crippen molar-refractivity contribution in [1.29, 1.82) is 0 Å². The van der Waals surface area contributed by atoms with Gasteiger partial charge in [-0.15, -0.1) is 0 Å². The van der Waals surface area contributed by atoms with Crippen LogP contribution in [0.2, 0.25) is 0 Å². The number of aryl methyl sites for hydroxylation is 1. The second kappa shape index (κ2) is 5.91. The summed E-state index contributed by atoms with van der Waals surface area (Å²) >= 11 is 1.88. The molecule has 0 radical (unpaired) electrons. The highest BCUT2D eigenvalue weighted by Gasteiger charge is 1.97. The molecule has 0 fully saturated rings. The standard InChI is InChI=1S/C11H16FNS/c1-3-14-7-6-13-10-5-4-9(2)11(12)8-10/h4-5,8,13H,3,6-7H2,1-2H3. The van der Waals surface area contributed by atoms with Crippen LogP contribution in [-0.4, -0.2) is 18.1 Å². The van der Waals surface area contributed by atoms with Crippen LogP contribution < -0.4 is 5.32 Å². The van der Waals surface area contributed by atoms with Crippen LogP contribution >= 0.6 is 11.8 Å². The lowest BCUT2D eigenvalue weighted by molar-refractivity contribution is 0.619. The molecule has 0 unspecified atom stereocenters. The number of rotatable bonds is 5. The summed E-state index contributed by atoms with van der Waals surface area (Å²) in [7, 11) is 0. The molecule has 0 heterocycles. The maximum absolute atomic E-state index is 13.1. The number of hydrogen-bond donors (Lipinski definition) is 1. The molecule has 0 aliphatic heterocycles. The average Bonchev–Trinajstić information content (AvgIpc) is 2.18. The van der Waals surface area contributed by atoms with Crippen LogP contribution in [0.4, 0.5) is 10.1 Å². The molecule has 1 rings (SSSR count). The van der Waals surface area contributed by atoms with Gasteiger partial charge in [0.15, 0.2) is 0 Å². The van der Waals surface area contributed by atoms with Crippen LogP contribution in [0.1, 0.15) is 12.5 Å². The van der Waals surface area contributed by atoms with E-state index in [2.05, 4.69) is 12.2 Å². The van der Waals surface area contributed by atoms with Gasteiger partial charge in [-0.2, -0.15) is 11.8 Å². The molecule has 14 heavy (non-hydrogen) atoms. The SMILES string of the molecule is CCSCCNc1ccc(C)c(F)c1. The largest absolute Gasteiger partial charge is 0.384 e. The van der Waals surface area contributed by atoms with E-state index in [1.807, 2.05) is 17.8 Å². The van der Waals surface area contributed by atoms with Crippen molar-refractivity contribution in [1.82, 2.24) is 0 Å². The second-order valence-corrected chi connectivity index (χ2v) is 4.48. The highest BCUT2D eigenvalue weighted by Crippen LogP contribution is 2.13. The van der Waals surface area contributed by atoms with Crippen molar-refractivity contribution in [2.45, 2.75) is 13.8 Å². The number of thioether (sulfide) groups is 1. The topological polar surface area (TPSA) is 12.0 Å². The normalized spacial score (nSPS) is 10.2. The van der Waals surface area contributed by atoms with E-state index in [0.29, 0.717) is 5.56 Å². The molecule has 0 saturated carbocycles. The third-order valence-electron chi connectivity index (χ3n) is 1.95. The lowest BCUT2D eigenvalue weighted by atomic mass is 10.2. The predicted octanol–water partition coefficient (Wildman–Crippen LogP) is 3.30. The van der Waals surface area contributed by atoms with E-state index in [4.69, 9.17) is 0 Å². The predicted molar refractivity (Wildman–Crippen MR) is 62.6 cm³/mol. The van der Waals surface area contributed by atoms with Gasteiger partial charge in [0.1, 0.15) is 5.82 Å². The van der Waals surface area contributed by atoms with E-state index in [1.165, 1.54) is 0 Å². The van der Waals surface area contributed by atoms with Crippen molar-refractivity contribution in [3.05, 3.63) is 29.6 Å². The first-order valence-corrected chi connectivity index (χ1v) is 5.97. The molecule has 0 spiro atoms. The Labute approximate surface area is 89.1 Å². The summed E-state index contributed by atoms with van der Waals surface area (Å²) in [5.41, 5.74) is 1.56. The zero-order valence-corrected chi connectivity index (χ0v) is 9.46. The minimum Gasteiger partial charge on any atom is -0.384 e. The molecule has 1 nitrogen and oxygen atoms in total. The lowest BCUT2D eigenvalue weighted by Gasteiger charge is -2.06. The van der Waals surface area contributed by atoms with E-state index >= 15 is 0 Å². The summed E-state index contributed by atoms with van der Waals surface area (Å²) in [5, 5.41) is 3.19. The van der Waals surface area contributed by atoms with Gasteiger partial charge in [0, 0.05) is 18.0 Å². The first-order valence-electron chi connectivity index (χ1n) is 4.82. The maximum Gasteiger partial charge on any atom is 0.128 e. The van der Waals surface area contributed by atoms with Crippen molar-refractivity contribution in [2.75, 3.05) is 23.4 Å². The Hall–Kier alpha value is -0.700. The molecule has 0 saturated heterocycles. The Morgan fingerprint density at radius 1 is 1.43 bits per heavy atom. The minimum atomic E-state index is -0.141. The molecular weight excluding hydrogens is 197 g/mol. The number of benzene rings is 1. The van der Waals surface area contributed by atoms with Gasteiger partial charge in [-0.05, 0) is 30.4 Å². The Kier molecular flexibility index (Phi) is 4.80. The van der Waals surface area contributed by atoms with Crippen molar-refractivity contribution in [3.8, 4) is 0 Å². The Morgan fingerprint density at radius 3 is 2.86 bits per heavy atom. The van der Waals surface area contributed by atoms with E-state index < -0.39 is 0 Å². The summed E-state index contributed by atoms with van der Waals surface area (Å²) in [6, 6.07) is 5.26. The zero-order chi connectivity index (χ0) is 10.4. The van der Waals surface area contributed by atoms with Crippen molar-refractivity contribution in [2.24, 2.45) is 0 Å². The number of hydrogen-bond acceptors (Lipinski definition) is 2. The number of anilines is 1. The average molecular weight is 213 g/mol. The van der Waals surface area contributed by atoms with Gasteiger partial charge in [0.05, 0.1) is 0 Å². The molecule has 0 aliphatic carbocycles. The van der Waals surface area contributed by atoms with Gasteiger partial charge in [0.2, 0.25) is 0 Å². The van der Waals surface area contributed by atoms with E-state index in [1.54, 1.807) is 19.1 Å². The van der Waals surface area contributed by atoms with Gasteiger partial charge >= 0.3 is 0 Å². The zero-order valence-electron chi connectivity index (χ0n) is 8.64. The molecular formula is C11H16FNS. The molecule has 0 aliphatic rings. The Morgan fingerprint density at radius 2 is 2.21 bits per heavy atom. The van der Waals surface area contributed by atoms with Crippen LogP contribution in [0.15, 0.2) is 18.2 Å². The lowest BCUT2D eigenvalue weighted by Crippen LogP contribution is -2.04. The monoisotopic (exact) mass is 213 g/mol. The van der Waals surface area contributed by atoms with Crippen LogP contribution in [0.3, 0.4) is 0 Å². The van der Waals surface area contributed by atoms with Crippen molar-refractivity contribution in [3.63, 3.8) is 0 Å². The molecule has 0 amide bonds. The minimum absolute atomic E-state index is 0.141. The summed E-state index contributed by atoms with van der Waals surface area (Å²) in [6.07, 6.45) is 0. The molecule has 1 aromatic rings. The Balaban J connectivity index is 2.39. The molecule has 0 bridgehead atoms. The summed E-state index contributed by atoms with van der Waals surface area (Å²) in [5.74, 6) is 2.05. The maximum atomic E-state index is 13.1. The van der Waals surface area contributed by atoms with E-state index in [0.717, 1.165) is 23.7 Å². The summed E-state index contributed by atoms with van der Waals surface area (Å²) in [6.45, 7) is 4.79. The van der Waals surface area contributed by atoms with Gasteiger partial charge in [0.25, 0.3) is 0 Å². The molecule has 0 atom stereocenters. The third-order valence-corrected chi connectivity index (χ3v) is 2.85. The van der Waals surface area contributed by atoms with Gasteiger partial charge in [-0.3, -0.25) is 0 Å². The van der Waals surface area contributed by atoms with Crippen LogP contribution in [0, 0.1) is 12.7 Å². The summed E-state index contributed by atoms with van der Waals surface area (Å²) in [4.78, 5) is 0. The summed E-state index contributed by atoms with van der Waals surface area (Å²) < 4.78 is 13.1. The van der Waals surface area contributed by atoms with Gasteiger partial charge in [-0.1, -0.05) is 13.0 Å². The second-order valence-electron chi connectivity index (χ2n) is 3.09. The van der Waals surface area contributed by atoms with Crippen molar-refractivity contribution >= 4 is 17.4 Å². The fraction of sp³-hybridized carbons (Fsp3) is 0.455. The van der Waals surface area contributed by atoms with E-state index in [9.17, 15) is 4.39 Å². The Bertz CT molecular complexity index is 289. The van der Waals surface area contributed by atoms with Gasteiger partial charge < -0.3 is 5.32 Å². The van der Waals surface area contributed by atoms with Crippen LogP contribution in [0.5, 0.6) is 0 Å². The highest BCUT2D eigenvalue weighted by molar-refractivity contribution is 7.99. The van der Waals surface area contributed by atoms with Crippen LogP contribution in [0.25, 0.3) is 0 Å². The van der Waals surface area contributed by atoms with Crippen molar-refractivity contribution < 1.29 is 4.39 Å². The van der Waals surface area contributed by atoms with Crippen LogP contribution in [-0.2, 0) is 0 Å². The van der Waals surface area contributed by atoms with E-state index in [-0.39, 0.29) is 5.82 Å². The molecule has 1 aromatic carbocycles. The molecule has 1 N–H and O–H groups in total. The first kappa shape index (κ1) is 11.4. The molecule has 0 aromatic heterocycles. The number of nitrogens with one attached hydrogen (secondary N) is 1. The van der Waals surface area contributed by atoms with Gasteiger partial charge in [-0.25, -0.2) is 4.39 Å². The smallest absolute Gasteiger partial charge is 0.128 e. The fourth-order valence-electron chi connectivity index (χ4n) is 1.11. The number of halogens is 1. The molecule has 3 heteroatoms. The third kappa shape index (κ3) is 3.58.